The monoisotopic (exact) mass is 251 g/mol. The van der Waals surface area contributed by atoms with Crippen molar-refractivity contribution in [3.63, 3.8) is 0 Å². The molecule has 0 bridgehead atoms. The Bertz CT molecular complexity index is 371. The van der Waals surface area contributed by atoms with E-state index < -0.39 is 0 Å². The lowest BCUT2D eigenvalue weighted by molar-refractivity contribution is 0.482. The van der Waals surface area contributed by atoms with Crippen LogP contribution < -0.4 is 5.32 Å². The van der Waals surface area contributed by atoms with E-state index in [0.717, 1.165) is 17.5 Å². The minimum atomic E-state index is 0.425. The van der Waals surface area contributed by atoms with Gasteiger partial charge in [-0.3, -0.25) is 0 Å². The summed E-state index contributed by atoms with van der Waals surface area (Å²) in [6.07, 6.45) is 5.41. The summed E-state index contributed by atoms with van der Waals surface area (Å²) in [6, 6.07) is 6.83. The van der Waals surface area contributed by atoms with Crippen LogP contribution in [0.25, 0.3) is 0 Å². The average Bonchev–Trinajstić information content (AvgIpc) is 3.09. The van der Waals surface area contributed by atoms with Gasteiger partial charge < -0.3 is 5.32 Å². The van der Waals surface area contributed by atoms with E-state index in [1.165, 1.54) is 36.8 Å². The van der Waals surface area contributed by atoms with Crippen LogP contribution in [-0.4, -0.2) is 6.54 Å². The maximum absolute atomic E-state index is 6.35. The van der Waals surface area contributed by atoms with Crippen molar-refractivity contribution in [1.82, 2.24) is 5.32 Å². The molecule has 1 saturated carbocycles. The van der Waals surface area contributed by atoms with Crippen LogP contribution in [0.2, 0.25) is 5.02 Å². The van der Waals surface area contributed by atoms with Gasteiger partial charge in [-0.2, -0.15) is 0 Å². The van der Waals surface area contributed by atoms with Gasteiger partial charge in [0.05, 0.1) is 0 Å². The van der Waals surface area contributed by atoms with Crippen molar-refractivity contribution in [3.05, 3.63) is 34.3 Å². The van der Waals surface area contributed by atoms with E-state index in [1.807, 2.05) is 0 Å². The van der Waals surface area contributed by atoms with Crippen molar-refractivity contribution in [3.8, 4) is 0 Å². The molecule has 1 aliphatic carbocycles. The van der Waals surface area contributed by atoms with Crippen molar-refractivity contribution in [2.24, 2.45) is 5.92 Å². The Morgan fingerprint density at radius 1 is 1.41 bits per heavy atom. The molecule has 1 nitrogen and oxygen atoms in total. The van der Waals surface area contributed by atoms with Crippen LogP contribution in [0.3, 0.4) is 0 Å². The Balaban J connectivity index is 2.06. The first-order chi connectivity index (χ1) is 8.20. The highest BCUT2D eigenvalue weighted by Gasteiger charge is 2.23. The molecule has 0 spiro atoms. The fraction of sp³-hybridized carbons (Fsp3) is 0.600. The second kappa shape index (κ2) is 5.88. The molecule has 0 saturated heterocycles. The van der Waals surface area contributed by atoms with Gasteiger partial charge in [0, 0.05) is 11.1 Å². The summed E-state index contributed by atoms with van der Waals surface area (Å²) in [5.41, 5.74) is 2.50. The molecule has 94 valence electrons. The van der Waals surface area contributed by atoms with Crippen molar-refractivity contribution in [2.45, 2.75) is 45.6 Å². The molecule has 1 fully saturated rings. The first kappa shape index (κ1) is 12.9. The summed E-state index contributed by atoms with van der Waals surface area (Å²) in [7, 11) is 0. The Morgan fingerprint density at radius 3 is 2.76 bits per heavy atom. The van der Waals surface area contributed by atoms with E-state index in [0.29, 0.717) is 6.04 Å². The van der Waals surface area contributed by atoms with Crippen LogP contribution in [0.5, 0.6) is 0 Å². The molecule has 1 atom stereocenters. The molecule has 1 N–H and O–H groups in total. The van der Waals surface area contributed by atoms with Crippen molar-refractivity contribution in [1.29, 1.82) is 0 Å². The number of halogens is 1. The van der Waals surface area contributed by atoms with E-state index >= 15 is 0 Å². The predicted octanol–water partition coefficient (Wildman–Crippen LogP) is 4.49. The van der Waals surface area contributed by atoms with Gasteiger partial charge in [-0.25, -0.2) is 0 Å². The normalized spacial score (nSPS) is 17.1. The molecule has 1 aromatic rings. The summed E-state index contributed by atoms with van der Waals surface area (Å²) >= 11 is 6.35. The largest absolute Gasteiger partial charge is 0.310 e. The first-order valence-electron chi connectivity index (χ1n) is 6.70. The third kappa shape index (κ3) is 3.72. The van der Waals surface area contributed by atoms with Gasteiger partial charge in [-0.1, -0.05) is 43.5 Å². The zero-order valence-corrected chi connectivity index (χ0v) is 11.6. The highest BCUT2D eigenvalue weighted by atomic mass is 35.5. The average molecular weight is 252 g/mol. The maximum atomic E-state index is 6.35. The number of nitrogens with one attached hydrogen (secondary N) is 1. The summed E-state index contributed by atoms with van der Waals surface area (Å²) in [6.45, 7) is 5.24. The minimum Gasteiger partial charge on any atom is -0.310 e. The number of hydrogen-bond acceptors (Lipinski definition) is 1. The second-order valence-electron chi connectivity index (χ2n) is 5.16. The van der Waals surface area contributed by atoms with Gasteiger partial charge in [-0.05, 0) is 49.4 Å². The molecular weight excluding hydrogens is 230 g/mol. The first-order valence-corrected chi connectivity index (χ1v) is 7.08. The third-order valence-electron chi connectivity index (χ3n) is 3.54. The third-order valence-corrected chi connectivity index (χ3v) is 3.87. The van der Waals surface area contributed by atoms with Gasteiger partial charge in [0.2, 0.25) is 0 Å². The molecule has 1 unspecified atom stereocenters. The topological polar surface area (TPSA) is 12.0 Å². The quantitative estimate of drug-likeness (QED) is 0.786. The lowest BCUT2D eigenvalue weighted by Crippen LogP contribution is -2.21. The van der Waals surface area contributed by atoms with Crippen LogP contribution >= 0.6 is 11.6 Å². The number of benzene rings is 1. The van der Waals surface area contributed by atoms with Crippen LogP contribution in [0.1, 0.15) is 49.8 Å². The van der Waals surface area contributed by atoms with Gasteiger partial charge >= 0.3 is 0 Å². The number of aryl methyl sites for hydroxylation is 1. The fourth-order valence-electron chi connectivity index (χ4n) is 2.34. The zero-order chi connectivity index (χ0) is 12.3. The van der Waals surface area contributed by atoms with Crippen molar-refractivity contribution < 1.29 is 0 Å². The standard InChI is InChI=1S/C15H22ClN/c1-3-17-15(9-7-12-5-6-12)13-8-4-11(2)10-14(13)16/h4,8,10,12,15,17H,3,5-7,9H2,1-2H3. The second-order valence-corrected chi connectivity index (χ2v) is 5.56. The molecule has 0 aliphatic heterocycles. The number of hydrogen-bond donors (Lipinski definition) is 1. The van der Waals surface area contributed by atoms with Crippen LogP contribution in [0.15, 0.2) is 18.2 Å². The lowest BCUT2D eigenvalue weighted by atomic mass is 9.99. The molecule has 0 radical (unpaired) electrons. The summed E-state index contributed by atoms with van der Waals surface area (Å²) in [4.78, 5) is 0. The van der Waals surface area contributed by atoms with E-state index in [9.17, 15) is 0 Å². The van der Waals surface area contributed by atoms with Gasteiger partial charge in [-0.15, -0.1) is 0 Å². The van der Waals surface area contributed by atoms with Crippen molar-refractivity contribution in [2.75, 3.05) is 6.54 Å². The molecule has 0 aromatic heterocycles. The summed E-state index contributed by atoms with van der Waals surface area (Å²) < 4.78 is 0. The molecule has 2 rings (SSSR count). The SMILES string of the molecule is CCNC(CCC1CC1)c1ccc(C)cc1Cl. The predicted molar refractivity (Wildman–Crippen MR) is 74.6 cm³/mol. The molecule has 1 aromatic carbocycles. The number of rotatable bonds is 6. The van der Waals surface area contributed by atoms with Gasteiger partial charge in [0.15, 0.2) is 0 Å². The van der Waals surface area contributed by atoms with E-state index in [1.54, 1.807) is 0 Å². The molecule has 1 aliphatic rings. The van der Waals surface area contributed by atoms with Gasteiger partial charge in [0.1, 0.15) is 0 Å². The smallest absolute Gasteiger partial charge is 0.0456 e. The Hall–Kier alpha value is -0.530. The highest BCUT2D eigenvalue weighted by molar-refractivity contribution is 6.31. The van der Waals surface area contributed by atoms with Crippen molar-refractivity contribution >= 4 is 11.6 Å². The Morgan fingerprint density at radius 2 is 2.18 bits per heavy atom. The van der Waals surface area contributed by atoms with E-state index in [4.69, 9.17) is 11.6 Å². The Kier molecular flexibility index (Phi) is 4.47. The molecule has 0 amide bonds. The van der Waals surface area contributed by atoms with Crippen LogP contribution in [0, 0.1) is 12.8 Å². The maximum Gasteiger partial charge on any atom is 0.0456 e. The fourth-order valence-corrected chi connectivity index (χ4v) is 2.70. The van der Waals surface area contributed by atoms with Gasteiger partial charge in [0.25, 0.3) is 0 Å². The molecule has 17 heavy (non-hydrogen) atoms. The zero-order valence-electron chi connectivity index (χ0n) is 10.8. The lowest BCUT2D eigenvalue weighted by Gasteiger charge is -2.20. The minimum absolute atomic E-state index is 0.425. The van der Waals surface area contributed by atoms with Crippen LogP contribution in [0.4, 0.5) is 0 Å². The Labute approximate surface area is 110 Å². The van der Waals surface area contributed by atoms with E-state index in [-0.39, 0.29) is 0 Å². The molecule has 2 heteroatoms. The highest BCUT2D eigenvalue weighted by Crippen LogP contribution is 2.37. The molecule has 0 heterocycles. The summed E-state index contributed by atoms with van der Waals surface area (Å²) in [5, 5.41) is 4.47. The van der Waals surface area contributed by atoms with E-state index in [2.05, 4.69) is 37.4 Å². The molecular formula is C15H22ClN. The van der Waals surface area contributed by atoms with Crippen LogP contribution in [-0.2, 0) is 0 Å². The summed E-state index contributed by atoms with van der Waals surface area (Å²) in [5.74, 6) is 0.986.